The number of nitrogens with zero attached hydrogens (tertiary/aromatic N) is 1. The number of anilines is 1. The molecule has 0 saturated carbocycles. The number of nitrogens with one attached hydrogen (secondary N) is 1. The summed E-state index contributed by atoms with van der Waals surface area (Å²) in [4.78, 5) is 26.9. The molecule has 3 N–H and O–H groups in total. The lowest BCUT2D eigenvalue weighted by atomic mass is 10.0. The normalized spacial score (nSPS) is 12.1. The van der Waals surface area contributed by atoms with Gasteiger partial charge in [-0.3, -0.25) is 14.6 Å². The summed E-state index contributed by atoms with van der Waals surface area (Å²) in [5.41, 5.74) is 6.71. The molecule has 0 saturated heterocycles. The van der Waals surface area contributed by atoms with E-state index in [9.17, 15) is 9.59 Å². The first-order valence-corrected chi connectivity index (χ1v) is 6.47. The van der Waals surface area contributed by atoms with Crippen molar-refractivity contribution in [3.63, 3.8) is 0 Å². The standard InChI is InChI=1S/C15H17N3O2/c1-10(7-14(16)19)8-15(20)18-12-4-5-13-11(9-12)3-2-6-17-13/h2-6,9-10H,7-8H2,1H3,(H2,16,19)(H,18,20)/t10-/m1/s1. The molecule has 0 aliphatic carbocycles. The smallest absolute Gasteiger partial charge is 0.224 e. The lowest BCUT2D eigenvalue weighted by molar-refractivity contribution is -0.119. The number of nitrogens with two attached hydrogens (primary N) is 1. The van der Waals surface area contributed by atoms with Crippen molar-refractivity contribution in [1.82, 2.24) is 4.98 Å². The number of pyridine rings is 1. The Morgan fingerprint density at radius 3 is 2.85 bits per heavy atom. The summed E-state index contributed by atoms with van der Waals surface area (Å²) >= 11 is 0. The van der Waals surface area contributed by atoms with E-state index in [1.54, 1.807) is 6.20 Å². The van der Waals surface area contributed by atoms with E-state index < -0.39 is 0 Å². The molecule has 0 fully saturated rings. The van der Waals surface area contributed by atoms with Gasteiger partial charge in [-0.25, -0.2) is 0 Å². The molecule has 2 aromatic rings. The fourth-order valence-corrected chi connectivity index (χ4v) is 2.10. The third-order valence-electron chi connectivity index (χ3n) is 2.97. The van der Waals surface area contributed by atoms with E-state index in [-0.39, 0.29) is 30.6 Å². The Balaban J connectivity index is 2.00. The van der Waals surface area contributed by atoms with Crippen LogP contribution in [0.4, 0.5) is 5.69 Å². The first-order valence-electron chi connectivity index (χ1n) is 6.47. The van der Waals surface area contributed by atoms with Gasteiger partial charge in [0.1, 0.15) is 0 Å². The second-order valence-electron chi connectivity index (χ2n) is 4.94. The molecule has 0 spiro atoms. The van der Waals surface area contributed by atoms with Gasteiger partial charge in [0.25, 0.3) is 0 Å². The van der Waals surface area contributed by atoms with Gasteiger partial charge in [-0.15, -0.1) is 0 Å². The van der Waals surface area contributed by atoms with Crippen molar-refractivity contribution in [1.29, 1.82) is 0 Å². The first-order chi connectivity index (χ1) is 9.54. The van der Waals surface area contributed by atoms with E-state index >= 15 is 0 Å². The Morgan fingerprint density at radius 2 is 2.10 bits per heavy atom. The van der Waals surface area contributed by atoms with Gasteiger partial charge in [-0.05, 0) is 30.2 Å². The highest BCUT2D eigenvalue weighted by Gasteiger charge is 2.11. The number of hydrogen-bond donors (Lipinski definition) is 2. The van der Waals surface area contributed by atoms with Crippen LogP contribution >= 0.6 is 0 Å². The zero-order valence-corrected chi connectivity index (χ0v) is 11.3. The molecule has 0 aliphatic heterocycles. The molecular formula is C15H17N3O2. The lowest BCUT2D eigenvalue weighted by Crippen LogP contribution is -2.20. The topological polar surface area (TPSA) is 85.1 Å². The molecule has 5 nitrogen and oxygen atoms in total. The monoisotopic (exact) mass is 271 g/mol. The molecule has 20 heavy (non-hydrogen) atoms. The summed E-state index contributed by atoms with van der Waals surface area (Å²) in [5, 5.41) is 3.79. The van der Waals surface area contributed by atoms with Crippen LogP contribution in [0.25, 0.3) is 10.9 Å². The van der Waals surface area contributed by atoms with Gasteiger partial charge >= 0.3 is 0 Å². The van der Waals surface area contributed by atoms with Crippen LogP contribution in [0.15, 0.2) is 36.5 Å². The van der Waals surface area contributed by atoms with Crippen LogP contribution in [0.5, 0.6) is 0 Å². The molecule has 2 amide bonds. The number of hydrogen-bond acceptors (Lipinski definition) is 3. The zero-order valence-electron chi connectivity index (χ0n) is 11.3. The van der Waals surface area contributed by atoms with Crippen molar-refractivity contribution in [3.05, 3.63) is 36.5 Å². The van der Waals surface area contributed by atoms with Crippen LogP contribution in [0.2, 0.25) is 0 Å². The van der Waals surface area contributed by atoms with Gasteiger partial charge < -0.3 is 11.1 Å². The maximum absolute atomic E-state index is 11.9. The minimum absolute atomic E-state index is 0.0605. The van der Waals surface area contributed by atoms with Crippen molar-refractivity contribution >= 4 is 28.4 Å². The predicted molar refractivity (Wildman–Crippen MR) is 78.0 cm³/mol. The van der Waals surface area contributed by atoms with Crippen molar-refractivity contribution in [3.8, 4) is 0 Å². The van der Waals surface area contributed by atoms with Gasteiger partial charge in [0.2, 0.25) is 11.8 Å². The largest absolute Gasteiger partial charge is 0.370 e. The minimum Gasteiger partial charge on any atom is -0.370 e. The Morgan fingerprint density at radius 1 is 1.30 bits per heavy atom. The molecule has 0 radical (unpaired) electrons. The van der Waals surface area contributed by atoms with Gasteiger partial charge in [0.05, 0.1) is 5.52 Å². The molecule has 1 aromatic heterocycles. The second kappa shape index (κ2) is 6.14. The summed E-state index contributed by atoms with van der Waals surface area (Å²) in [6.07, 6.45) is 2.22. The average molecular weight is 271 g/mol. The maximum atomic E-state index is 11.9. The van der Waals surface area contributed by atoms with Gasteiger partial charge in [0, 0.05) is 30.1 Å². The third kappa shape index (κ3) is 3.78. The van der Waals surface area contributed by atoms with Gasteiger partial charge in [-0.1, -0.05) is 13.0 Å². The number of aromatic nitrogens is 1. The van der Waals surface area contributed by atoms with Gasteiger partial charge in [0.15, 0.2) is 0 Å². The Kier molecular flexibility index (Phi) is 4.30. The van der Waals surface area contributed by atoms with Crippen LogP contribution in [-0.4, -0.2) is 16.8 Å². The SMILES string of the molecule is C[C@H](CC(N)=O)CC(=O)Nc1ccc2ncccc2c1. The predicted octanol–water partition coefficient (Wildman–Crippen LogP) is 2.07. The second-order valence-corrected chi connectivity index (χ2v) is 4.94. The Hall–Kier alpha value is -2.43. The van der Waals surface area contributed by atoms with Crippen LogP contribution in [0, 0.1) is 5.92 Å². The molecule has 0 bridgehead atoms. The lowest BCUT2D eigenvalue weighted by Gasteiger charge is -2.10. The number of carbonyl (C=O) groups excluding carboxylic acids is 2. The number of primary amides is 1. The minimum atomic E-state index is -0.387. The summed E-state index contributed by atoms with van der Waals surface area (Å²) < 4.78 is 0. The highest BCUT2D eigenvalue weighted by molar-refractivity contribution is 5.93. The summed E-state index contributed by atoms with van der Waals surface area (Å²) in [6.45, 7) is 1.83. The Bertz CT molecular complexity index is 640. The van der Waals surface area contributed by atoms with Crippen LogP contribution < -0.4 is 11.1 Å². The van der Waals surface area contributed by atoms with Gasteiger partial charge in [-0.2, -0.15) is 0 Å². The van der Waals surface area contributed by atoms with E-state index in [1.165, 1.54) is 0 Å². The van der Waals surface area contributed by atoms with E-state index in [1.807, 2.05) is 37.3 Å². The number of rotatable bonds is 5. The summed E-state index contributed by atoms with van der Waals surface area (Å²) in [6, 6.07) is 9.33. The van der Waals surface area contributed by atoms with E-state index in [0.29, 0.717) is 0 Å². The molecule has 1 aromatic carbocycles. The summed E-state index contributed by atoms with van der Waals surface area (Å²) in [7, 11) is 0. The van der Waals surface area contributed by atoms with E-state index in [2.05, 4.69) is 10.3 Å². The highest BCUT2D eigenvalue weighted by Crippen LogP contribution is 2.18. The molecular weight excluding hydrogens is 254 g/mol. The average Bonchev–Trinajstić information content (AvgIpc) is 2.37. The number of fused-ring (bicyclic) bond motifs is 1. The maximum Gasteiger partial charge on any atom is 0.224 e. The quantitative estimate of drug-likeness (QED) is 0.873. The molecule has 2 rings (SSSR count). The summed E-state index contributed by atoms with van der Waals surface area (Å²) in [5.74, 6) is -0.571. The van der Waals surface area contributed by atoms with E-state index in [4.69, 9.17) is 5.73 Å². The zero-order chi connectivity index (χ0) is 14.5. The molecule has 1 atom stereocenters. The number of carbonyl (C=O) groups is 2. The Labute approximate surface area is 117 Å². The molecule has 5 heteroatoms. The fraction of sp³-hybridized carbons (Fsp3) is 0.267. The van der Waals surface area contributed by atoms with E-state index in [0.717, 1.165) is 16.6 Å². The molecule has 0 unspecified atom stereocenters. The highest BCUT2D eigenvalue weighted by atomic mass is 16.2. The molecule has 0 aliphatic rings. The van der Waals surface area contributed by atoms with Crippen molar-refractivity contribution in [2.75, 3.05) is 5.32 Å². The molecule has 104 valence electrons. The van der Waals surface area contributed by atoms with Crippen molar-refractivity contribution in [2.45, 2.75) is 19.8 Å². The van der Waals surface area contributed by atoms with Crippen molar-refractivity contribution < 1.29 is 9.59 Å². The fourth-order valence-electron chi connectivity index (χ4n) is 2.10. The van der Waals surface area contributed by atoms with Crippen LogP contribution in [-0.2, 0) is 9.59 Å². The van der Waals surface area contributed by atoms with Crippen LogP contribution in [0.1, 0.15) is 19.8 Å². The van der Waals surface area contributed by atoms with Crippen molar-refractivity contribution in [2.24, 2.45) is 11.7 Å². The number of amides is 2. The van der Waals surface area contributed by atoms with Crippen LogP contribution in [0.3, 0.4) is 0 Å². The number of benzene rings is 1. The third-order valence-corrected chi connectivity index (χ3v) is 2.97. The first kappa shape index (κ1) is 14.0. The molecule has 1 heterocycles.